The Labute approximate surface area is 180 Å². The number of esters is 1. The molecule has 2 heterocycles. The maximum absolute atomic E-state index is 13.1. The second kappa shape index (κ2) is 9.01. The summed E-state index contributed by atoms with van der Waals surface area (Å²) in [6.07, 6.45) is 1.68. The van der Waals surface area contributed by atoms with Gasteiger partial charge in [0.15, 0.2) is 0 Å². The third kappa shape index (κ3) is 4.39. The molecule has 2 aromatic carbocycles. The topological polar surface area (TPSA) is 95.0 Å². The zero-order valence-electron chi connectivity index (χ0n) is 17.0. The van der Waals surface area contributed by atoms with Gasteiger partial charge in [0.05, 0.1) is 31.4 Å². The highest BCUT2D eigenvalue weighted by Crippen LogP contribution is 2.29. The minimum Gasteiger partial charge on any atom is -0.495 e. The van der Waals surface area contributed by atoms with Crippen LogP contribution in [-0.4, -0.2) is 57.1 Å². The molecule has 0 atom stereocenters. The molecule has 0 aliphatic carbocycles. The van der Waals surface area contributed by atoms with Crippen LogP contribution in [0.1, 0.15) is 15.9 Å². The van der Waals surface area contributed by atoms with E-state index in [1.54, 1.807) is 6.20 Å². The van der Waals surface area contributed by atoms with Gasteiger partial charge in [0, 0.05) is 30.2 Å². The number of sulfonamides is 1. The summed E-state index contributed by atoms with van der Waals surface area (Å²) in [6, 6.07) is 13.7. The molecule has 0 radical (unpaired) electrons. The van der Waals surface area contributed by atoms with Crippen molar-refractivity contribution in [3.63, 3.8) is 0 Å². The number of carbonyl (C=O) groups is 1. The summed E-state index contributed by atoms with van der Waals surface area (Å²) >= 11 is 0. The highest BCUT2D eigenvalue weighted by molar-refractivity contribution is 7.89. The Hall–Kier alpha value is -3.01. The summed E-state index contributed by atoms with van der Waals surface area (Å²) in [5, 5.41) is 0.944. The first kappa shape index (κ1) is 21.2. The van der Waals surface area contributed by atoms with Crippen molar-refractivity contribution in [3.05, 3.63) is 65.9 Å². The Bertz CT molecular complexity index is 1200. The number of benzene rings is 2. The van der Waals surface area contributed by atoms with E-state index < -0.39 is 16.0 Å². The molecule has 0 unspecified atom stereocenters. The molecule has 8 nitrogen and oxygen atoms in total. The SMILES string of the molecule is COc1ccc(C(=O)OCc2cccc3cccnc23)cc1S(=O)(=O)N1CCOCC1. The van der Waals surface area contributed by atoms with Crippen LogP contribution in [0, 0.1) is 0 Å². The van der Waals surface area contributed by atoms with E-state index in [0.717, 1.165) is 16.5 Å². The first-order chi connectivity index (χ1) is 15.0. The number of fused-ring (bicyclic) bond motifs is 1. The summed E-state index contributed by atoms with van der Waals surface area (Å²) in [5.41, 5.74) is 1.64. The molecule has 162 valence electrons. The number of carbonyl (C=O) groups excluding carboxylic acids is 1. The largest absolute Gasteiger partial charge is 0.495 e. The fourth-order valence-corrected chi connectivity index (χ4v) is 5.03. The zero-order valence-corrected chi connectivity index (χ0v) is 17.8. The molecule has 31 heavy (non-hydrogen) atoms. The predicted octanol–water partition coefficient (Wildman–Crippen LogP) is 2.62. The molecule has 1 aromatic heterocycles. The normalized spacial score (nSPS) is 15.0. The van der Waals surface area contributed by atoms with Crippen LogP contribution in [0.5, 0.6) is 5.75 Å². The number of rotatable bonds is 6. The molecular weight excluding hydrogens is 420 g/mol. The van der Waals surface area contributed by atoms with Gasteiger partial charge in [-0.15, -0.1) is 0 Å². The first-order valence-electron chi connectivity index (χ1n) is 9.76. The van der Waals surface area contributed by atoms with E-state index in [2.05, 4.69) is 4.98 Å². The number of para-hydroxylation sites is 1. The van der Waals surface area contributed by atoms with Crippen LogP contribution in [0.3, 0.4) is 0 Å². The number of hydrogen-bond donors (Lipinski definition) is 0. The Morgan fingerprint density at radius 1 is 1.13 bits per heavy atom. The number of pyridine rings is 1. The van der Waals surface area contributed by atoms with Gasteiger partial charge in [-0.05, 0) is 24.3 Å². The molecule has 1 aliphatic rings. The van der Waals surface area contributed by atoms with Crippen LogP contribution in [0.4, 0.5) is 0 Å². The second-order valence-corrected chi connectivity index (χ2v) is 8.86. The molecule has 0 saturated carbocycles. The molecule has 9 heteroatoms. The third-order valence-electron chi connectivity index (χ3n) is 5.06. The second-order valence-electron chi connectivity index (χ2n) is 6.95. The molecule has 3 aromatic rings. The number of methoxy groups -OCH3 is 1. The standard InChI is InChI=1S/C22H22N2O6S/c1-28-19-8-7-17(14-20(19)31(26,27)24-10-12-29-13-11-24)22(25)30-15-18-5-2-4-16-6-3-9-23-21(16)18/h2-9,14H,10-13,15H2,1H3. The van der Waals surface area contributed by atoms with E-state index in [-0.39, 0.29) is 35.9 Å². The number of ether oxygens (including phenoxy) is 3. The maximum Gasteiger partial charge on any atom is 0.338 e. The van der Waals surface area contributed by atoms with E-state index in [0.29, 0.717) is 13.2 Å². The number of aromatic nitrogens is 1. The molecule has 4 rings (SSSR count). The number of hydrogen-bond acceptors (Lipinski definition) is 7. The minimum absolute atomic E-state index is 0.0186. The Morgan fingerprint density at radius 2 is 1.90 bits per heavy atom. The molecule has 0 amide bonds. The van der Waals surface area contributed by atoms with Crippen LogP contribution in [0.2, 0.25) is 0 Å². The quantitative estimate of drug-likeness (QED) is 0.542. The third-order valence-corrected chi connectivity index (χ3v) is 6.98. The van der Waals surface area contributed by atoms with Crippen molar-refractivity contribution < 1.29 is 27.4 Å². The van der Waals surface area contributed by atoms with Gasteiger partial charge < -0.3 is 14.2 Å². The smallest absolute Gasteiger partial charge is 0.338 e. The molecule has 1 saturated heterocycles. The highest BCUT2D eigenvalue weighted by Gasteiger charge is 2.30. The van der Waals surface area contributed by atoms with Gasteiger partial charge in [0.25, 0.3) is 0 Å². The van der Waals surface area contributed by atoms with E-state index in [9.17, 15) is 13.2 Å². The maximum atomic E-state index is 13.1. The van der Waals surface area contributed by atoms with Crippen molar-refractivity contribution in [2.24, 2.45) is 0 Å². The Morgan fingerprint density at radius 3 is 2.68 bits per heavy atom. The lowest BCUT2D eigenvalue weighted by molar-refractivity contribution is 0.0473. The number of morpholine rings is 1. The van der Waals surface area contributed by atoms with Crippen LogP contribution in [0.15, 0.2) is 59.6 Å². The predicted molar refractivity (Wildman–Crippen MR) is 113 cm³/mol. The molecule has 0 N–H and O–H groups in total. The van der Waals surface area contributed by atoms with Crippen molar-refractivity contribution in [1.82, 2.24) is 9.29 Å². The summed E-state index contributed by atoms with van der Waals surface area (Å²) in [6.45, 7) is 1.15. The molecular formula is C22H22N2O6S. The van der Waals surface area contributed by atoms with Gasteiger partial charge in [0.1, 0.15) is 17.3 Å². The van der Waals surface area contributed by atoms with Crippen LogP contribution in [0.25, 0.3) is 10.9 Å². The fraction of sp³-hybridized carbons (Fsp3) is 0.273. The minimum atomic E-state index is -3.85. The lowest BCUT2D eigenvalue weighted by Crippen LogP contribution is -2.40. The zero-order chi connectivity index (χ0) is 21.8. The molecule has 1 aliphatic heterocycles. The Balaban J connectivity index is 1.58. The van der Waals surface area contributed by atoms with Gasteiger partial charge in [-0.1, -0.05) is 24.3 Å². The van der Waals surface area contributed by atoms with E-state index in [1.807, 2.05) is 30.3 Å². The van der Waals surface area contributed by atoms with Gasteiger partial charge in [0.2, 0.25) is 10.0 Å². The fourth-order valence-electron chi connectivity index (χ4n) is 3.44. The van der Waals surface area contributed by atoms with Crippen molar-refractivity contribution in [1.29, 1.82) is 0 Å². The van der Waals surface area contributed by atoms with Crippen molar-refractivity contribution >= 4 is 26.9 Å². The van der Waals surface area contributed by atoms with Crippen molar-refractivity contribution in [3.8, 4) is 5.75 Å². The monoisotopic (exact) mass is 442 g/mol. The Kier molecular flexibility index (Phi) is 6.17. The summed E-state index contributed by atoms with van der Waals surface area (Å²) < 4.78 is 43.5. The molecule has 1 fully saturated rings. The lowest BCUT2D eigenvalue weighted by atomic mass is 10.1. The van der Waals surface area contributed by atoms with Crippen molar-refractivity contribution in [2.45, 2.75) is 11.5 Å². The van der Waals surface area contributed by atoms with Crippen LogP contribution < -0.4 is 4.74 Å². The van der Waals surface area contributed by atoms with Gasteiger partial charge in [-0.25, -0.2) is 13.2 Å². The molecule has 0 bridgehead atoms. The number of nitrogens with zero attached hydrogens (tertiary/aromatic N) is 2. The van der Waals surface area contributed by atoms with Gasteiger partial charge in [-0.3, -0.25) is 4.98 Å². The average Bonchev–Trinajstić information content (AvgIpc) is 2.82. The van der Waals surface area contributed by atoms with Crippen LogP contribution >= 0.6 is 0 Å². The van der Waals surface area contributed by atoms with E-state index in [1.165, 1.54) is 29.6 Å². The molecule has 0 spiro atoms. The average molecular weight is 442 g/mol. The summed E-state index contributed by atoms with van der Waals surface area (Å²) in [7, 11) is -2.46. The lowest BCUT2D eigenvalue weighted by Gasteiger charge is -2.26. The van der Waals surface area contributed by atoms with Gasteiger partial charge in [-0.2, -0.15) is 4.31 Å². The van der Waals surface area contributed by atoms with Gasteiger partial charge >= 0.3 is 5.97 Å². The highest BCUT2D eigenvalue weighted by atomic mass is 32.2. The first-order valence-corrected chi connectivity index (χ1v) is 11.2. The van der Waals surface area contributed by atoms with E-state index in [4.69, 9.17) is 14.2 Å². The summed E-state index contributed by atoms with van der Waals surface area (Å²) in [5.74, 6) is -0.463. The van der Waals surface area contributed by atoms with E-state index >= 15 is 0 Å². The summed E-state index contributed by atoms with van der Waals surface area (Å²) in [4.78, 5) is 17.0. The van der Waals surface area contributed by atoms with Crippen LogP contribution in [-0.2, 0) is 26.1 Å². The van der Waals surface area contributed by atoms with Crippen molar-refractivity contribution in [2.75, 3.05) is 33.4 Å².